The number of ether oxygens (including phenoxy) is 1. The van der Waals surface area contributed by atoms with Gasteiger partial charge in [0.2, 0.25) is 5.88 Å². The van der Waals surface area contributed by atoms with Crippen molar-refractivity contribution in [1.29, 1.82) is 0 Å². The zero-order chi connectivity index (χ0) is 18.8. The lowest BCUT2D eigenvalue weighted by atomic mass is 10.2. The van der Waals surface area contributed by atoms with Crippen LogP contribution in [0.1, 0.15) is 39.3 Å². The van der Waals surface area contributed by atoms with E-state index >= 15 is 0 Å². The Balaban J connectivity index is 1.32. The molecular formula is C20H23N5OS. The topological polar surface area (TPSA) is 72.8 Å². The van der Waals surface area contributed by atoms with Gasteiger partial charge in [0.15, 0.2) is 0 Å². The number of hydrogen-bond donors (Lipinski definition) is 1. The number of nitrogens with one attached hydrogen (secondary N) is 1. The Labute approximate surface area is 163 Å². The maximum absolute atomic E-state index is 5.95. The van der Waals surface area contributed by atoms with Crippen LogP contribution in [0.25, 0.3) is 0 Å². The van der Waals surface area contributed by atoms with Gasteiger partial charge in [0.05, 0.1) is 18.2 Å². The molecule has 0 aromatic carbocycles. The molecule has 1 fully saturated rings. The van der Waals surface area contributed by atoms with Gasteiger partial charge in [-0.1, -0.05) is 6.07 Å². The van der Waals surface area contributed by atoms with E-state index in [4.69, 9.17) is 4.74 Å². The first-order valence-electron chi connectivity index (χ1n) is 9.13. The van der Waals surface area contributed by atoms with Crippen LogP contribution in [0.2, 0.25) is 0 Å². The molecule has 0 saturated heterocycles. The van der Waals surface area contributed by atoms with Crippen molar-refractivity contribution < 1.29 is 4.74 Å². The van der Waals surface area contributed by atoms with E-state index in [-0.39, 0.29) is 0 Å². The number of anilines is 1. The SMILES string of the molecule is Cc1ccc([C@H]2C[C@@H]2COc2cc(NCc3cnc(C)s3)nc(C)n2)nc1. The van der Waals surface area contributed by atoms with Gasteiger partial charge < -0.3 is 10.1 Å². The van der Waals surface area contributed by atoms with Crippen LogP contribution in [0.3, 0.4) is 0 Å². The van der Waals surface area contributed by atoms with Crippen molar-refractivity contribution in [2.45, 2.75) is 39.7 Å². The zero-order valence-corrected chi connectivity index (χ0v) is 16.6. The fourth-order valence-electron chi connectivity index (χ4n) is 3.05. The Morgan fingerprint density at radius 1 is 1.15 bits per heavy atom. The normalized spacial score (nSPS) is 18.3. The van der Waals surface area contributed by atoms with Gasteiger partial charge in [0.1, 0.15) is 11.6 Å². The Hall–Kier alpha value is -2.54. The Kier molecular flexibility index (Phi) is 5.03. The lowest BCUT2D eigenvalue weighted by Crippen LogP contribution is -2.07. The Morgan fingerprint density at radius 2 is 2.04 bits per heavy atom. The minimum atomic E-state index is 0.501. The third kappa shape index (κ3) is 4.60. The molecular weight excluding hydrogens is 358 g/mol. The van der Waals surface area contributed by atoms with E-state index in [9.17, 15) is 0 Å². The fourth-order valence-corrected chi connectivity index (χ4v) is 3.79. The number of rotatable bonds is 7. The fraction of sp³-hybridized carbons (Fsp3) is 0.400. The van der Waals surface area contributed by atoms with Crippen LogP contribution in [-0.2, 0) is 6.54 Å². The maximum Gasteiger partial charge on any atom is 0.218 e. The van der Waals surface area contributed by atoms with Crippen molar-refractivity contribution in [2.75, 3.05) is 11.9 Å². The average molecular weight is 382 g/mol. The van der Waals surface area contributed by atoms with Crippen molar-refractivity contribution in [1.82, 2.24) is 19.9 Å². The number of thiazole rings is 1. The van der Waals surface area contributed by atoms with Crippen molar-refractivity contribution in [2.24, 2.45) is 5.92 Å². The molecule has 3 heterocycles. The van der Waals surface area contributed by atoms with Gasteiger partial charge in [-0.25, -0.2) is 9.97 Å². The monoisotopic (exact) mass is 381 g/mol. The number of aromatic nitrogens is 4. The number of nitrogens with zero attached hydrogens (tertiary/aromatic N) is 4. The number of pyridine rings is 1. The molecule has 1 aliphatic rings. The molecule has 1 N–H and O–H groups in total. The average Bonchev–Trinajstić information content (AvgIpc) is 3.30. The van der Waals surface area contributed by atoms with E-state index in [2.05, 4.69) is 44.3 Å². The first kappa shape index (κ1) is 17.9. The summed E-state index contributed by atoms with van der Waals surface area (Å²) in [6.07, 6.45) is 4.95. The van der Waals surface area contributed by atoms with E-state index in [1.54, 1.807) is 11.3 Å². The van der Waals surface area contributed by atoms with Gasteiger partial charge in [-0.05, 0) is 38.8 Å². The molecule has 7 heteroatoms. The summed E-state index contributed by atoms with van der Waals surface area (Å²) in [5.74, 6) is 3.10. The molecule has 0 radical (unpaired) electrons. The predicted molar refractivity (Wildman–Crippen MR) is 106 cm³/mol. The second-order valence-corrected chi connectivity index (χ2v) is 8.33. The molecule has 0 spiro atoms. The molecule has 1 saturated carbocycles. The molecule has 0 amide bonds. The van der Waals surface area contributed by atoms with Gasteiger partial charge in [0, 0.05) is 40.9 Å². The lowest BCUT2D eigenvalue weighted by molar-refractivity contribution is 0.284. The molecule has 4 rings (SSSR count). The molecule has 6 nitrogen and oxygen atoms in total. The highest BCUT2D eigenvalue weighted by molar-refractivity contribution is 7.11. The minimum Gasteiger partial charge on any atom is -0.477 e. The zero-order valence-electron chi connectivity index (χ0n) is 15.8. The van der Waals surface area contributed by atoms with Crippen molar-refractivity contribution in [3.63, 3.8) is 0 Å². The van der Waals surface area contributed by atoms with Crippen molar-refractivity contribution in [3.8, 4) is 5.88 Å². The largest absolute Gasteiger partial charge is 0.477 e. The molecule has 140 valence electrons. The summed E-state index contributed by atoms with van der Waals surface area (Å²) in [6.45, 7) is 7.30. The van der Waals surface area contributed by atoms with Gasteiger partial charge in [-0.15, -0.1) is 11.3 Å². The highest BCUT2D eigenvalue weighted by atomic mass is 32.1. The van der Waals surface area contributed by atoms with E-state index in [0.29, 0.717) is 36.7 Å². The van der Waals surface area contributed by atoms with Gasteiger partial charge >= 0.3 is 0 Å². The van der Waals surface area contributed by atoms with E-state index < -0.39 is 0 Å². The van der Waals surface area contributed by atoms with Crippen LogP contribution in [0.4, 0.5) is 5.82 Å². The predicted octanol–water partition coefficient (Wildman–Crippen LogP) is 4.05. The lowest BCUT2D eigenvalue weighted by Gasteiger charge is -2.09. The number of aryl methyl sites for hydroxylation is 3. The Morgan fingerprint density at radius 3 is 2.78 bits per heavy atom. The minimum absolute atomic E-state index is 0.501. The highest BCUT2D eigenvalue weighted by Crippen LogP contribution is 2.46. The Bertz CT molecular complexity index is 924. The highest BCUT2D eigenvalue weighted by Gasteiger charge is 2.40. The summed E-state index contributed by atoms with van der Waals surface area (Å²) in [4.78, 5) is 18.8. The van der Waals surface area contributed by atoms with Crippen LogP contribution < -0.4 is 10.1 Å². The third-order valence-corrected chi connectivity index (χ3v) is 5.52. The van der Waals surface area contributed by atoms with Crippen molar-refractivity contribution >= 4 is 17.2 Å². The summed E-state index contributed by atoms with van der Waals surface area (Å²) in [7, 11) is 0. The van der Waals surface area contributed by atoms with Crippen LogP contribution in [-0.4, -0.2) is 26.5 Å². The molecule has 0 unspecified atom stereocenters. The molecule has 27 heavy (non-hydrogen) atoms. The second kappa shape index (κ2) is 7.60. The smallest absolute Gasteiger partial charge is 0.218 e. The molecule has 2 atom stereocenters. The molecule has 1 aliphatic carbocycles. The van der Waals surface area contributed by atoms with Crippen LogP contribution in [0, 0.1) is 26.7 Å². The molecule has 0 bridgehead atoms. The van der Waals surface area contributed by atoms with E-state index in [1.165, 1.54) is 10.4 Å². The van der Waals surface area contributed by atoms with Crippen molar-refractivity contribution in [3.05, 3.63) is 57.6 Å². The van der Waals surface area contributed by atoms with Crippen LogP contribution in [0.15, 0.2) is 30.6 Å². The maximum atomic E-state index is 5.95. The van der Waals surface area contributed by atoms with E-state index in [0.717, 1.165) is 22.9 Å². The first-order valence-corrected chi connectivity index (χ1v) is 9.94. The molecule has 0 aliphatic heterocycles. The van der Waals surface area contributed by atoms with Crippen LogP contribution in [0.5, 0.6) is 5.88 Å². The van der Waals surface area contributed by atoms with Gasteiger partial charge in [-0.3, -0.25) is 4.98 Å². The summed E-state index contributed by atoms with van der Waals surface area (Å²) in [5.41, 5.74) is 2.35. The standard InChI is InChI=1S/C20H23N5OS/c1-12-4-5-18(22-8-12)17-6-15(17)11-26-20-7-19(24-13(2)25-20)23-10-16-9-21-14(3)27-16/h4-5,7-9,15,17H,6,10-11H2,1-3H3,(H,23,24,25)/t15-,17+/m1/s1. The summed E-state index contributed by atoms with van der Waals surface area (Å²) >= 11 is 1.68. The van der Waals surface area contributed by atoms with Crippen LogP contribution >= 0.6 is 11.3 Å². The number of hydrogen-bond acceptors (Lipinski definition) is 7. The van der Waals surface area contributed by atoms with Gasteiger partial charge in [-0.2, -0.15) is 4.98 Å². The first-order chi connectivity index (χ1) is 13.1. The summed E-state index contributed by atoms with van der Waals surface area (Å²) in [6, 6.07) is 6.11. The molecule has 3 aromatic rings. The van der Waals surface area contributed by atoms with E-state index in [1.807, 2.05) is 32.3 Å². The second-order valence-electron chi connectivity index (χ2n) is 7.01. The quantitative estimate of drug-likeness (QED) is 0.666. The third-order valence-electron chi connectivity index (χ3n) is 4.61. The van der Waals surface area contributed by atoms with Gasteiger partial charge in [0.25, 0.3) is 0 Å². The molecule has 3 aromatic heterocycles. The summed E-state index contributed by atoms with van der Waals surface area (Å²) in [5, 5.41) is 4.39. The summed E-state index contributed by atoms with van der Waals surface area (Å²) < 4.78 is 5.95.